The van der Waals surface area contributed by atoms with E-state index in [0.29, 0.717) is 0 Å². The Morgan fingerprint density at radius 3 is 1.00 bits per heavy atom. The molecular formula is C48H34N4. The Hall–Kier alpha value is -6.78. The molecule has 0 amide bonds. The van der Waals surface area contributed by atoms with Gasteiger partial charge in [0.25, 0.3) is 0 Å². The maximum atomic E-state index is 4.60. The van der Waals surface area contributed by atoms with Gasteiger partial charge >= 0.3 is 0 Å². The predicted octanol–water partition coefficient (Wildman–Crippen LogP) is 12.2. The van der Waals surface area contributed by atoms with Gasteiger partial charge in [-0.2, -0.15) is 0 Å². The fraction of sp³-hybridized carbons (Fsp3) is 0.0417. The van der Waals surface area contributed by atoms with Gasteiger partial charge in [-0.15, -0.1) is 0 Å². The quantitative estimate of drug-likeness (QED) is 0.183. The number of nitrogens with zero attached hydrogens (tertiary/aromatic N) is 4. The average molecular weight is 667 g/mol. The number of para-hydroxylation sites is 4. The highest BCUT2D eigenvalue weighted by atomic mass is 15.2. The van der Waals surface area contributed by atoms with Crippen molar-refractivity contribution in [3.8, 4) is 33.4 Å². The Balaban J connectivity index is 1.01. The van der Waals surface area contributed by atoms with Crippen LogP contribution >= 0.6 is 0 Å². The van der Waals surface area contributed by atoms with E-state index in [1.807, 2.05) is 24.8 Å². The number of pyridine rings is 2. The van der Waals surface area contributed by atoms with Gasteiger partial charge in [-0.1, -0.05) is 97.1 Å². The van der Waals surface area contributed by atoms with Crippen LogP contribution in [0.1, 0.15) is 22.3 Å². The van der Waals surface area contributed by atoms with Gasteiger partial charge < -0.3 is 9.80 Å². The maximum absolute atomic E-state index is 4.60. The molecule has 4 heterocycles. The third-order valence-electron chi connectivity index (χ3n) is 10.5. The molecule has 0 saturated heterocycles. The highest BCUT2D eigenvalue weighted by Crippen LogP contribution is 2.46. The molecule has 4 nitrogen and oxygen atoms in total. The summed E-state index contributed by atoms with van der Waals surface area (Å²) in [5, 5.41) is 0. The van der Waals surface area contributed by atoms with Gasteiger partial charge in [-0.05, 0) is 105 Å². The lowest BCUT2D eigenvalue weighted by atomic mass is 9.91. The zero-order valence-corrected chi connectivity index (χ0v) is 28.5. The van der Waals surface area contributed by atoms with Gasteiger partial charge in [0.2, 0.25) is 0 Å². The summed E-state index contributed by atoms with van der Waals surface area (Å²) in [5.74, 6) is 0. The van der Waals surface area contributed by atoms with Gasteiger partial charge in [0.05, 0.1) is 0 Å². The van der Waals surface area contributed by atoms with Crippen molar-refractivity contribution in [2.45, 2.75) is 12.8 Å². The molecule has 8 aromatic rings. The number of fused-ring (bicyclic) bond motifs is 4. The number of aromatic nitrogens is 2. The smallest absolute Gasteiger partial charge is 0.0497 e. The molecule has 0 atom stereocenters. The van der Waals surface area contributed by atoms with Crippen LogP contribution in [-0.4, -0.2) is 9.97 Å². The SMILES string of the molecule is c1ccc2c(c1)Cc1ccccc1N2c1ccc(-c2ccncc2-c2cnccc2-c2ccc(N3c4ccccc4Cc4ccccc43)cc2)cc1. The first-order valence-electron chi connectivity index (χ1n) is 17.8. The molecule has 6 aromatic carbocycles. The number of hydrogen-bond donors (Lipinski definition) is 0. The van der Waals surface area contributed by atoms with Crippen molar-refractivity contribution in [1.29, 1.82) is 0 Å². The van der Waals surface area contributed by atoms with Crippen molar-refractivity contribution in [2.24, 2.45) is 0 Å². The molecule has 0 bridgehead atoms. The van der Waals surface area contributed by atoms with Gasteiger partial charge in [0.1, 0.15) is 0 Å². The van der Waals surface area contributed by atoms with E-state index in [9.17, 15) is 0 Å². The second-order valence-corrected chi connectivity index (χ2v) is 13.5. The minimum absolute atomic E-state index is 0.942. The van der Waals surface area contributed by atoms with Crippen LogP contribution in [-0.2, 0) is 12.8 Å². The molecule has 10 rings (SSSR count). The normalized spacial score (nSPS) is 12.8. The summed E-state index contributed by atoms with van der Waals surface area (Å²) in [6.45, 7) is 0. The van der Waals surface area contributed by atoms with E-state index in [1.54, 1.807) is 0 Å². The zero-order chi connectivity index (χ0) is 34.4. The van der Waals surface area contributed by atoms with Crippen molar-refractivity contribution in [1.82, 2.24) is 9.97 Å². The number of benzene rings is 6. The highest BCUT2D eigenvalue weighted by molar-refractivity contribution is 5.92. The predicted molar refractivity (Wildman–Crippen MR) is 213 cm³/mol. The first-order chi connectivity index (χ1) is 25.8. The van der Waals surface area contributed by atoms with Crippen molar-refractivity contribution in [2.75, 3.05) is 9.80 Å². The van der Waals surface area contributed by atoms with Crippen LogP contribution in [0, 0.1) is 0 Å². The zero-order valence-electron chi connectivity index (χ0n) is 28.5. The Morgan fingerprint density at radius 1 is 0.327 bits per heavy atom. The molecule has 4 heteroatoms. The monoisotopic (exact) mass is 666 g/mol. The minimum Gasteiger partial charge on any atom is -0.310 e. The summed E-state index contributed by atoms with van der Waals surface area (Å²) in [4.78, 5) is 14.0. The van der Waals surface area contributed by atoms with Gasteiger partial charge in [-0.3, -0.25) is 9.97 Å². The number of hydrogen-bond acceptors (Lipinski definition) is 4. The summed E-state index contributed by atoms with van der Waals surface area (Å²) in [6.07, 6.45) is 9.58. The van der Waals surface area contributed by atoms with E-state index in [2.05, 4.69) is 177 Å². The molecule has 2 aliphatic heterocycles. The van der Waals surface area contributed by atoms with Crippen molar-refractivity contribution in [3.63, 3.8) is 0 Å². The van der Waals surface area contributed by atoms with Crippen LogP contribution in [0.4, 0.5) is 34.1 Å². The summed E-state index contributed by atoms with van der Waals surface area (Å²) in [5.41, 5.74) is 19.2. The lowest BCUT2D eigenvalue weighted by molar-refractivity contribution is 1.09. The van der Waals surface area contributed by atoms with Gasteiger partial charge in [0, 0.05) is 82.9 Å². The van der Waals surface area contributed by atoms with Crippen LogP contribution < -0.4 is 9.80 Å². The summed E-state index contributed by atoms with van der Waals surface area (Å²) in [7, 11) is 0. The van der Waals surface area contributed by atoms with Crippen LogP contribution in [0.2, 0.25) is 0 Å². The third-order valence-corrected chi connectivity index (χ3v) is 10.5. The van der Waals surface area contributed by atoms with E-state index >= 15 is 0 Å². The van der Waals surface area contributed by atoms with Crippen LogP contribution in [0.15, 0.2) is 183 Å². The molecule has 0 radical (unpaired) electrons. The minimum atomic E-state index is 0.942. The molecule has 0 aliphatic carbocycles. The molecule has 246 valence electrons. The van der Waals surface area contributed by atoms with E-state index < -0.39 is 0 Å². The molecule has 0 fully saturated rings. The van der Waals surface area contributed by atoms with Crippen LogP contribution in [0.25, 0.3) is 33.4 Å². The molecule has 52 heavy (non-hydrogen) atoms. The summed E-state index contributed by atoms with van der Waals surface area (Å²) >= 11 is 0. The Kier molecular flexibility index (Phi) is 7.24. The van der Waals surface area contributed by atoms with Crippen molar-refractivity contribution in [3.05, 3.63) is 205 Å². The molecule has 2 aliphatic rings. The van der Waals surface area contributed by atoms with Gasteiger partial charge in [0.15, 0.2) is 0 Å². The van der Waals surface area contributed by atoms with Crippen molar-refractivity contribution < 1.29 is 0 Å². The standard InChI is InChI=1S/C48H34N4/c1-5-13-45-35(9-1)29-36-10-2-6-14-46(36)51(45)39-21-17-33(18-22-39)41-25-27-49-31-43(41)44-32-50-28-26-42(44)34-19-23-40(24-20-34)52-47-15-7-3-11-37(47)30-38-12-4-8-16-48(38)52/h1-28,31-32H,29-30H2. The van der Waals surface area contributed by atoms with Gasteiger partial charge in [-0.25, -0.2) is 0 Å². The lowest BCUT2D eigenvalue weighted by Gasteiger charge is -2.33. The molecule has 2 aromatic heterocycles. The fourth-order valence-electron chi connectivity index (χ4n) is 8.04. The Bertz CT molecular complexity index is 2320. The second-order valence-electron chi connectivity index (χ2n) is 13.5. The van der Waals surface area contributed by atoms with E-state index in [0.717, 1.165) is 57.6 Å². The molecular weight excluding hydrogens is 633 g/mol. The molecule has 0 saturated carbocycles. The number of rotatable bonds is 5. The van der Waals surface area contributed by atoms with E-state index in [1.165, 1.54) is 45.0 Å². The van der Waals surface area contributed by atoms with Crippen LogP contribution in [0.5, 0.6) is 0 Å². The maximum Gasteiger partial charge on any atom is 0.0497 e. The lowest BCUT2D eigenvalue weighted by Crippen LogP contribution is -2.18. The van der Waals surface area contributed by atoms with E-state index in [-0.39, 0.29) is 0 Å². The third kappa shape index (κ3) is 5.07. The molecule has 0 N–H and O–H groups in total. The fourth-order valence-corrected chi connectivity index (χ4v) is 8.04. The first-order valence-corrected chi connectivity index (χ1v) is 17.8. The van der Waals surface area contributed by atoms with Crippen molar-refractivity contribution >= 4 is 34.1 Å². The second kappa shape index (κ2) is 12.5. The first kappa shape index (κ1) is 30.1. The summed E-state index contributed by atoms with van der Waals surface area (Å²) in [6, 6.07) is 57.0. The summed E-state index contributed by atoms with van der Waals surface area (Å²) < 4.78 is 0. The Morgan fingerprint density at radius 2 is 0.654 bits per heavy atom. The number of anilines is 6. The highest BCUT2D eigenvalue weighted by Gasteiger charge is 2.25. The molecule has 0 unspecified atom stereocenters. The van der Waals surface area contributed by atoms with Crippen LogP contribution in [0.3, 0.4) is 0 Å². The largest absolute Gasteiger partial charge is 0.310 e. The van der Waals surface area contributed by atoms with E-state index in [4.69, 9.17) is 0 Å². The molecule has 0 spiro atoms. The average Bonchev–Trinajstić information content (AvgIpc) is 3.22. The topological polar surface area (TPSA) is 32.3 Å². The Labute approximate surface area is 304 Å².